The van der Waals surface area contributed by atoms with Crippen molar-refractivity contribution in [3.63, 3.8) is 0 Å². The zero-order valence-corrected chi connectivity index (χ0v) is 23.3. The van der Waals surface area contributed by atoms with Gasteiger partial charge < -0.3 is 14.2 Å². The van der Waals surface area contributed by atoms with Crippen LogP contribution in [-0.2, 0) is 4.79 Å². The summed E-state index contributed by atoms with van der Waals surface area (Å²) in [6.45, 7) is 4.84. The van der Waals surface area contributed by atoms with Gasteiger partial charge in [-0.25, -0.2) is 0 Å². The van der Waals surface area contributed by atoms with Gasteiger partial charge in [0.15, 0.2) is 17.3 Å². The molecule has 0 aromatic heterocycles. The lowest BCUT2D eigenvalue weighted by molar-refractivity contribution is -0.114. The number of fused-ring (bicyclic) bond motifs is 1. The van der Waals surface area contributed by atoms with Crippen molar-refractivity contribution in [1.82, 2.24) is 5.01 Å². The molecule has 2 aliphatic heterocycles. The van der Waals surface area contributed by atoms with Gasteiger partial charge in [-0.05, 0) is 89.5 Å². The number of thioether (sulfide) groups is 1. The number of nitrogens with zero attached hydrogens (tertiary/aromatic N) is 3. The molecule has 0 saturated heterocycles. The third-order valence-corrected chi connectivity index (χ3v) is 7.25. The third kappa shape index (κ3) is 5.92. The number of hydrogen-bond donors (Lipinski definition) is 1. The summed E-state index contributed by atoms with van der Waals surface area (Å²) >= 11 is 3.53. The first kappa shape index (κ1) is 26.2. The van der Waals surface area contributed by atoms with Crippen molar-refractivity contribution in [3.8, 4) is 17.2 Å². The van der Waals surface area contributed by atoms with Crippen LogP contribution in [0.2, 0.25) is 0 Å². The number of benzene rings is 2. The summed E-state index contributed by atoms with van der Waals surface area (Å²) in [6.07, 6.45) is 4.50. The quantitative estimate of drug-likeness (QED) is 0.203. The molecule has 2 heterocycles. The van der Waals surface area contributed by atoms with Gasteiger partial charge in [-0.15, -0.1) is 0 Å². The van der Waals surface area contributed by atoms with Crippen LogP contribution in [0.5, 0.6) is 17.2 Å². The van der Waals surface area contributed by atoms with Crippen LogP contribution in [-0.4, -0.2) is 47.3 Å². The largest absolute Gasteiger partial charge is 0.493 e. The van der Waals surface area contributed by atoms with Crippen molar-refractivity contribution < 1.29 is 19.0 Å². The van der Waals surface area contributed by atoms with Crippen LogP contribution in [0.25, 0.3) is 6.08 Å². The second-order valence-corrected chi connectivity index (χ2v) is 10.3. The van der Waals surface area contributed by atoms with E-state index < -0.39 is 5.91 Å². The number of nitrogens with one attached hydrogen (secondary N) is 1. The fraction of sp³-hybridized carbons (Fsp3) is 0.308. The number of para-hydroxylation sites is 1. The number of unbranched alkanes of at least 4 members (excludes halogenated alkanes) is 1. The van der Waals surface area contributed by atoms with Crippen LogP contribution in [0.15, 0.2) is 52.1 Å². The molecule has 2 aromatic carbocycles. The Kier molecular flexibility index (Phi) is 8.68. The Labute approximate surface area is 228 Å². The van der Waals surface area contributed by atoms with Crippen LogP contribution in [0.1, 0.15) is 37.3 Å². The van der Waals surface area contributed by atoms with Gasteiger partial charge in [-0.1, -0.05) is 31.5 Å². The molecule has 1 N–H and O–H groups in total. The Morgan fingerprint density at radius 3 is 2.69 bits per heavy atom. The average molecular weight is 618 g/mol. The molecule has 0 spiro atoms. The highest BCUT2D eigenvalue weighted by Gasteiger charge is 2.35. The minimum Gasteiger partial charge on any atom is -0.493 e. The topological polar surface area (TPSA) is 96.6 Å². The number of amidine groups is 2. The van der Waals surface area contributed by atoms with E-state index >= 15 is 0 Å². The second-order valence-electron chi connectivity index (χ2n) is 8.11. The summed E-state index contributed by atoms with van der Waals surface area (Å²) in [4.78, 5) is 16.9. The Balaban J connectivity index is 1.48. The van der Waals surface area contributed by atoms with Crippen molar-refractivity contribution in [1.29, 1.82) is 5.41 Å². The molecule has 0 unspecified atom stereocenters. The Morgan fingerprint density at radius 2 is 1.94 bits per heavy atom. The van der Waals surface area contributed by atoms with E-state index in [-0.39, 0.29) is 11.4 Å². The fourth-order valence-electron chi connectivity index (χ4n) is 3.60. The standard InChI is InChI=1S/C26H27IN4O4S/c1-4-5-10-22-30-31-24(28)18(25(32)29-26(31)36-22)13-17-14-19(27)23(21(15-17)33-3)35-12-11-34-20-9-7-6-8-16(20)2/h6-9,13-15,28H,4-5,10-12H2,1-3H3/b18-13+,28-24?. The van der Waals surface area contributed by atoms with E-state index in [1.165, 1.54) is 16.8 Å². The van der Waals surface area contributed by atoms with Gasteiger partial charge in [0, 0.05) is 0 Å². The number of rotatable bonds is 10. The molecule has 2 aliphatic rings. The van der Waals surface area contributed by atoms with Crippen molar-refractivity contribution in [2.24, 2.45) is 10.1 Å². The van der Waals surface area contributed by atoms with Crippen LogP contribution in [0.3, 0.4) is 0 Å². The minimum atomic E-state index is -0.451. The van der Waals surface area contributed by atoms with Gasteiger partial charge in [-0.3, -0.25) is 10.2 Å². The third-order valence-electron chi connectivity index (χ3n) is 5.48. The van der Waals surface area contributed by atoms with Gasteiger partial charge in [0.2, 0.25) is 5.17 Å². The number of carbonyl (C=O) groups is 1. The molecule has 4 rings (SSSR count). The first-order chi connectivity index (χ1) is 17.4. The number of aryl methyl sites for hydroxylation is 1. The number of aliphatic imine (C=N–C) groups is 1. The smallest absolute Gasteiger partial charge is 0.283 e. The zero-order valence-electron chi connectivity index (χ0n) is 20.3. The maximum atomic E-state index is 12.7. The first-order valence-electron chi connectivity index (χ1n) is 11.6. The summed E-state index contributed by atoms with van der Waals surface area (Å²) in [5, 5.41) is 15.8. The average Bonchev–Trinajstić information content (AvgIpc) is 3.27. The van der Waals surface area contributed by atoms with Crippen molar-refractivity contribution >= 4 is 62.4 Å². The highest BCUT2D eigenvalue weighted by molar-refractivity contribution is 14.1. The van der Waals surface area contributed by atoms with Crippen LogP contribution in [0, 0.1) is 15.9 Å². The predicted molar refractivity (Wildman–Crippen MR) is 152 cm³/mol. The molecule has 1 amide bonds. The monoisotopic (exact) mass is 618 g/mol. The van der Waals surface area contributed by atoms with Crippen LogP contribution >= 0.6 is 34.4 Å². The van der Waals surface area contributed by atoms with Gasteiger partial charge in [0.1, 0.15) is 24.0 Å². The highest BCUT2D eigenvalue weighted by Crippen LogP contribution is 2.36. The van der Waals surface area contributed by atoms with Crippen LogP contribution < -0.4 is 14.2 Å². The molecule has 10 heteroatoms. The van der Waals surface area contributed by atoms with Crippen molar-refractivity contribution in [3.05, 3.63) is 56.7 Å². The Hall–Kier alpha value is -2.86. The SMILES string of the molecule is CCCCC1=NN2C(=N)/C(=C\c3cc(I)c(OCCOc4ccccc4C)c(OC)c3)C(=O)N=C2S1. The molecule has 188 valence electrons. The molecule has 0 radical (unpaired) electrons. The molecular weight excluding hydrogens is 591 g/mol. The number of hydrogen-bond acceptors (Lipinski definition) is 7. The van der Waals surface area contributed by atoms with Crippen molar-refractivity contribution in [2.75, 3.05) is 20.3 Å². The number of carbonyl (C=O) groups excluding carboxylic acids is 1. The Morgan fingerprint density at radius 1 is 1.17 bits per heavy atom. The lowest BCUT2D eigenvalue weighted by Crippen LogP contribution is -2.35. The molecule has 8 nitrogen and oxygen atoms in total. The lowest BCUT2D eigenvalue weighted by atomic mass is 10.1. The number of hydrazone groups is 1. The predicted octanol–water partition coefficient (Wildman–Crippen LogP) is 5.88. The van der Waals surface area contributed by atoms with Gasteiger partial charge in [0.25, 0.3) is 5.91 Å². The zero-order chi connectivity index (χ0) is 25.7. The number of amides is 1. The lowest BCUT2D eigenvalue weighted by Gasteiger charge is -2.20. The number of ether oxygens (including phenoxy) is 3. The van der Waals surface area contributed by atoms with E-state index in [1.54, 1.807) is 19.3 Å². The number of methoxy groups -OCH3 is 1. The normalized spacial score (nSPS) is 16.1. The molecule has 2 aromatic rings. The first-order valence-corrected chi connectivity index (χ1v) is 13.5. The summed E-state index contributed by atoms with van der Waals surface area (Å²) < 4.78 is 18.2. The minimum absolute atomic E-state index is 0.0201. The van der Waals surface area contributed by atoms with E-state index in [2.05, 4.69) is 39.6 Å². The molecule has 0 atom stereocenters. The summed E-state index contributed by atoms with van der Waals surface area (Å²) in [6, 6.07) is 11.5. The van der Waals surface area contributed by atoms with Gasteiger partial charge in [0.05, 0.1) is 16.3 Å². The molecule has 0 saturated carbocycles. The van der Waals surface area contributed by atoms with E-state index in [1.807, 2.05) is 37.3 Å². The summed E-state index contributed by atoms with van der Waals surface area (Å²) in [5.41, 5.74) is 1.95. The highest BCUT2D eigenvalue weighted by atomic mass is 127. The van der Waals surface area contributed by atoms with Gasteiger partial charge in [-0.2, -0.15) is 15.1 Å². The van der Waals surface area contributed by atoms with E-state index in [0.29, 0.717) is 35.4 Å². The summed E-state index contributed by atoms with van der Waals surface area (Å²) in [5.74, 6) is 1.52. The van der Waals surface area contributed by atoms with Crippen LogP contribution in [0.4, 0.5) is 0 Å². The van der Waals surface area contributed by atoms with E-state index in [9.17, 15) is 4.79 Å². The molecule has 0 bridgehead atoms. The maximum absolute atomic E-state index is 12.7. The Bertz CT molecular complexity index is 1270. The second kappa shape index (κ2) is 11.9. The van der Waals surface area contributed by atoms with E-state index in [4.69, 9.17) is 19.6 Å². The maximum Gasteiger partial charge on any atom is 0.283 e. The van der Waals surface area contributed by atoms with Gasteiger partial charge >= 0.3 is 0 Å². The molecule has 0 aliphatic carbocycles. The number of halogens is 1. The fourth-order valence-corrected chi connectivity index (χ4v) is 5.31. The van der Waals surface area contributed by atoms with Crippen molar-refractivity contribution in [2.45, 2.75) is 33.1 Å². The van der Waals surface area contributed by atoms with E-state index in [0.717, 1.165) is 39.2 Å². The molecular formula is C26H27IN4O4S. The summed E-state index contributed by atoms with van der Waals surface area (Å²) in [7, 11) is 1.57. The molecule has 0 fully saturated rings. The molecule has 36 heavy (non-hydrogen) atoms.